The Morgan fingerprint density at radius 3 is 2.17 bits per heavy atom. The lowest BCUT2D eigenvalue weighted by molar-refractivity contribution is -0.143. The Hall–Kier alpha value is -1.06. The molecule has 0 amide bonds. The highest BCUT2D eigenvalue weighted by Gasteiger charge is 2.04. The third-order valence-electron chi connectivity index (χ3n) is 2.35. The molecule has 4 nitrogen and oxygen atoms in total. The van der Waals surface area contributed by atoms with Crippen LogP contribution in [0, 0.1) is 5.92 Å². The number of carboxylic acids is 1. The fraction of sp³-hybridized carbons (Fsp3) is 0.857. The van der Waals surface area contributed by atoms with Crippen LogP contribution in [-0.4, -0.2) is 23.7 Å². The lowest BCUT2D eigenvalue weighted by atomic mass is 10.0. The van der Waals surface area contributed by atoms with Crippen LogP contribution in [0.25, 0.3) is 0 Å². The van der Waals surface area contributed by atoms with Gasteiger partial charge in [-0.2, -0.15) is 0 Å². The van der Waals surface area contributed by atoms with Crippen LogP contribution in [0.1, 0.15) is 66.2 Å². The summed E-state index contributed by atoms with van der Waals surface area (Å²) in [7, 11) is 0. The molecular formula is C14H28O4. The summed E-state index contributed by atoms with van der Waals surface area (Å²) in [6, 6.07) is 0. The third-order valence-corrected chi connectivity index (χ3v) is 2.35. The molecule has 0 saturated heterocycles. The van der Waals surface area contributed by atoms with Crippen molar-refractivity contribution in [2.24, 2.45) is 5.92 Å². The van der Waals surface area contributed by atoms with Gasteiger partial charge in [-0.1, -0.05) is 47.0 Å². The van der Waals surface area contributed by atoms with Gasteiger partial charge >= 0.3 is 11.9 Å². The summed E-state index contributed by atoms with van der Waals surface area (Å²) in [4.78, 5) is 20.5. The molecule has 4 heteroatoms. The van der Waals surface area contributed by atoms with E-state index in [-0.39, 0.29) is 5.97 Å². The van der Waals surface area contributed by atoms with E-state index in [4.69, 9.17) is 9.84 Å². The van der Waals surface area contributed by atoms with E-state index in [1.54, 1.807) is 6.92 Å². The Balaban J connectivity index is 0. The molecule has 0 fully saturated rings. The Bertz CT molecular complexity index is 214. The minimum atomic E-state index is -0.684. The molecule has 1 N–H and O–H groups in total. The van der Waals surface area contributed by atoms with E-state index < -0.39 is 5.97 Å². The average molecular weight is 260 g/mol. The molecule has 0 aromatic carbocycles. The smallest absolute Gasteiger partial charge is 0.305 e. The first-order chi connectivity index (χ1) is 8.47. The number of ether oxygens (including phenoxy) is 1. The summed E-state index contributed by atoms with van der Waals surface area (Å²) in [5, 5.41) is 8.31. The lowest BCUT2D eigenvalue weighted by Gasteiger charge is -2.03. The Kier molecular flexibility index (Phi) is 15.0. The largest absolute Gasteiger partial charge is 0.481 e. The molecule has 0 heterocycles. The van der Waals surface area contributed by atoms with Gasteiger partial charge in [-0.05, 0) is 12.3 Å². The van der Waals surface area contributed by atoms with Gasteiger partial charge in [0.15, 0.2) is 0 Å². The van der Waals surface area contributed by atoms with Gasteiger partial charge in [-0.15, -0.1) is 0 Å². The minimum absolute atomic E-state index is 0.0940. The first-order valence-corrected chi connectivity index (χ1v) is 6.85. The van der Waals surface area contributed by atoms with Crippen LogP contribution in [0.15, 0.2) is 0 Å². The number of carbonyl (C=O) groups is 2. The molecule has 0 aliphatic rings. The van der Waals surface area contributed by atoms with Crippen molar-refractivity contribution in [1.82, 2.24) is 0 Å². The maximum Gasteiger partial charge on any atom is 0.305 e. The zero-order valence-electron chi connectivity index (χ0n) is 12.2. The first kappa shape index (κ1) is 19.3. The number of unbranched alkanes of at least 4 members (excludes halogenated alkanes) is 1. The number of hydrogen-bond donors (Lipinski definition) is 1. The maximum absolute atomic E-state index is 10.5. The first-order valence-electron chi connectivity index (χ1n) is 6.85. The molecule has 0 aromatic rings. The molecular weight excluding hydrogens is 232 g/mol. The number of rotatable bonds is 8. The fourth-order valence-electron chi connectivity index (χ4n) is 1.33. The molecule has 0 bridgehead atoms. The molecule has 18 heavy (non-hydrogen) atoms. The second-order valence-electron chi connectivity index (χ2n) is 4.42. The molecule has 0 aliphatic heterocycles. The predicted octanol–water partition coefficient (Wildman–Crippen LogP) is 3.64. The van der Waals surface area contributed by atoms with Gasteiger partial charge in [0, 0.05) is 12.8 Å². The number of aliphatic carboxylic acids is 1. The van der Waals surface area contributed by atoms with Crippen molar-refractivity contribution in [3.8, 4) is 0 Å². The molecule has 0 radical (unpaired) electrons. The van der Waals surface area contributed by atoms with Crippen LogP contribution < -0.4 is 0 Å². The molecule has 0 aliphatic carbocycles. The van der Waals surface area contributed by atoms with Crippen molar-refractivity contribution >= 4 is 11.9 Å². The van der Waals surface area contributed by atoms with E-state index in [9.17, 15) is 9.59 Å². The number of hydrogen-bond acceptors (Lipinski definition) is 3. The molecule has 1 unspecified atom stereocenters. The highest BCUT2D eigenvalue weighted by atomic mass is 16.5. The second kappa shape index (κ2) is 14.0. The highest BCUT2D eigenvalue weighted by Crippen LogP contribution is 2.08. The monoisotopic (exact) mass is 260 g/mol. The molecule has 0 saturated carbocycles. The van der Waals surface area contributed by atoms with Crippen LogP contribution in [-0.2, 0) is 14.3 Å². The Morgan fingerprint density at radius 2 is 1.78 bits per heavy atom. The second-order valence-corrected chi connectivity index (χ2v) is 4.42. The zero-order chi connectivity index (χ0) is 14.4. The van der Waals surface area contributed by atoms with E-state index in [0.29, 0.717) is 25.4 Å². The summed E-state index contributed by atoms with van der Waals surface area (Å²) in [5.41, 5.74) is 0. The van der Waals surface area contributed by atoms with Crippen LogP contribution in [0.3, 0.4) is 0 Å². The molecule has 1 atom stereocenters. The van der Waals surface area contributed by atoms with Crippen molar-refractivity contribution in [2.75, 3.05) is 6.61 Å². The van der Waals surface area contributed by atoms with E-state index in [2.05, 4.69) is 13.8 Å². The van der Waals surface area contributed by atoms with Gasteiger partial charge in [0.05, 0.1) is 6.61 Å². The van der Waals surface area contributed by atoms with Gasteiger partial charge in [0.2, 0.25) is 0 Å². The van der Waals surface area contributed by atoms with Gasteiger partial charge in [0.1, 0.15) is 0 Å². The lowest BCUT2D eigenvalue weighted by Crippen LogP contribution is -2.03. The third kappa shape index (κ3) is 17.3. The average Bonchev–Trinajstić information content (AvgIpc) is 2.29. The fourth-order valence-corrected chi connectivity index (χ4v) is 1.33. The summed E-state index contributed by atoms with van der Waals surface area (Å²) in [5.74, 6) is -0.438. The van der Waals surface area contributed by atoms with Crippen LogP contribution in [0.2, 0.25) is 0 Å². The van der Waals surface area contributed by atoms with Crippen molar-refractivity contribution in [3.05, 3.63) is 0 Å². The van der Waals surface area contributed by atoms with E-state index in [0.717, 1.165) is 25.7 Å². The normalized spacial score (nSPS) is 11.1. The van der Waals surface area contributed by atoms with Gasteiger partial charge in [-0.3, -0.25) is 9.59 Å². The van der Waals surface area contributed by atoms with Crippen LogP contribution >= 0.6 is 0 Å². The summed E-state index contributed by atoms with van der Waals surface area (Å²) >= 11 is 0. The standard InChI is InChI=1S/2C7H14O2/c1-3-4-6(2)5-7(8)9;1-3-5-6-9-7(8)4-2/h6H,3-5H2,1-2H3,(H,8,9);3-6H2,1-2H3. The Morgan fingerprint density at radius 1 is 1.17 bits per heavy atom. The van der Waals surface area contributed by atoms with Gasteiger partial charge in [-0.25, -0.2) is 0 Å². The van der Waals surface area contributed by atoms with Gasteiger partial charge < -0.3 is 9.84 Å². The number of esters is 1. The SMILES string of the molecule is CCCC(C)CC(=O)O.CCCCOC(=O)CC. The van der Waals surface area contributed by atoms with Crippen molar-refractivity contribution in [1.29, 1.82) is 0 Å². The van der Waals surface area contributed by atoms with Crippen molar-refractivity contribution in [3.63, 3.8) is 0 Å². The van der Waals surface area contributed by atoms with Crippen LogP contribution in [0.4, 0.5) is 0 Å². The topological polar surface area (TPSA) is 63.6 Å². The van der Waals surface area contributed by atoms with E-state index in [1.807, 2.05) is 6.92 Å². The number of carbonyl (C=O) groups excluding carboxylic acids is 1. The van der Waals surface area contributed by atoms with Crippen LogP contribution in [0.5, 0.6) is 0 Å². The zero-order valence-corrected chi connectivity index (χ0v) is 12.2. The summed E-state index contributed by atoms with van der Waals surface area (Å²) < 4.78 is 4.79. The summed E-state index contributed by atoms with van der Waals surface area (Å²) in [6.07, 6.45) is 4.96. The molecule has 0 rings (SSSR count). The maximum atomic E-state index is 10.5. The number of carboxylic acid groups (broad SMARTS) is 1. The highest BCUT2D eigenvalue weighted by molar-refractivity contribution is 5.68. The van der Waals surface area contributed by atoms with Crippen molar-refractivity contribution in [2.45, 2.75) is 66.2 Å². The summed E-state index contributed by atoms with van der Waals surface area (Å²) in [6.45, 7) is 8.49. The van der Waals surface area contributed by atoms with Crippen molar-refractivity contribution < 1.29 is 19.4 Å². The quantitative estimate of drug-likeness (QED) is 0.534. The molecule has 0 aromatic heterocycles. The molecule has 108 valence electrons. The Labute approximate surface area is 111 Å². The molecule has 0 spiro atoms. The predicted molar refractivity (Wildman–Crippen MR) is 72.5 cm³/mol. The van der Waals surface area contributed by atoms with E-state index >= 15 is 0 Å². The minimum Gasteiger partial charge on any atom is -0.481 e. The van der Waals surface area contributed by atoms with Gasteiger partial charge in [0.25, 0.3) is 0 Å². The van der Waals surface area contributed by atoms with E-state index in [1.165, 1.54) is 0 Å².